The van der Waals surface area contributed by atoms with Crippen molar-refractivity contribution in [3.05, 3.63) is 34.9 Å². The largest absolute Gasteiger partial charge is 0.393 e. The minimum Gasteiger partial charge on any atom is -0.393 e. The summed E-state index contributed by atoms with van der Waals surface area (Å²) in [5.74, 6) is -1.14. The highest BCUT2D eigenvalue weighted by atomic mass is 16.6. The van der Waals surface area contributed by atoms with E-state index in [1.165, 1.54) is 24.0 Å². The Labute approximate surface area is 99.8 Å². The maximum atomic E-state index is 11.6. The van der Waals surface area contributed by atoms with Crippen molar-refractivity contribution in [1.82, 2.24) is 0 Å². The average Bonchev–Trinajstić information content (AvgIpc) is 2.68. The number of cyclic esters (lactones) is 2. The van der Waals surface area contributed by atoms with E-state index in [0.29, 0.717) is 0 Å². The summed E-state index contributed by atoms with van der Waals surface area (Å²) in [6.07, 6.45) is 4.68. The van der Waals surface area contributed by atoms with Crippen LogP contribution in [0.3, 0.4) is 0 Å². The van der Waals surface area contributed by atoms with Crippen LogP contribution in [0.25, 0.3) is 0 Å². The van der Waals surface area contributed by atoms with Crippen molar-refractivity contribution in [1.29, 1.82) is 0 Å². The van der Waals surface area contributed by atoms with E-state index in [4.69, 9.17) is 0 Å². The molecule has 2 aliphatic rings. The minimum atomic E-state index is -0.395. The molecule has 3 rings (SSSR count). The normalized spacial score (nSPS) is 23.4. The number of hydrogen-bond donors (Lipinski definition) is 0. The first-order valence-electron chi connectivity index (χ1n) is 6.11. The van der Waals surface area contributed by atoms with Crippen molar-refractivity contribution in [2.24, 2.45) is 0 Å². The zero-order chi connectivity index (χ0) is 11.8. The summed E-state index contributed by atoms with van der Waals surface area (Å²) in [6, 6.07) is 6.07. The topological polar surface area (TPSA) is 43.4 Å². The number of carbonyl (C=O) groups is 2. The van der Waals surface area contributed by atoms with E-state index >= 15 is 0 Å². The molecule has 88 valence electrons. The fourth-order valence-corrected chi connectivity index (χ4v) is 2.85. The number of carbonyl (C=O) groups excluding carboxylic acids is 2. The molecule has 0 N–H and O–H groups in total. The van der Waals surface area contributed by atoms with Crippen LogP contribution in [-0.4, -0.2) is 11.9 Å². The number of fused-ring (bicyclic) bond motifs is 1. The van der Waals surface area contributed by atoms with Crippen molar-refractivity contribution < 1.29 is 14.3 Å². The number of aryl methyl sites for hydroxylation is 1. The molecule has 1 atom stereocenters. The van der Waals surface area contributed by atoms with Crippen molar-refractivity contribution in [3.63, 3.8) is 0 Å². The summed E-state index contributed by atoms with van der Waals surface area (Å²) in [5.41, 5.74) is 3.62. The van der Waals surface area contributed by atoms with Gasteiger partial charge in [0, 0.05) is 0 Å². The second-order valence-electron chi connectivity index (χ2n) is 4.74. The number of esters is 2. The third-order valence-corrected chi connectivity index (χ3v) is 3.68. The Morgan fingerprint density at radius 2 is 1.94 bits per heavy atom. The van der Waals surface area contributed by atoms with Gasteiger partial charge in [-0.1, -0.05) is 18.2 Å². The molecular weight excluding hydrogens is 216 g/mol. The Hall–Kier alpha value is -1.64. The third kappa shape index (κ3) is 1.75. The van der Waals surface area contributed by atoms with Gasteiger partial charge in [0.05, 0.1) is 12.3 Å². The molecule has 1 saturated heterocycles. The SMILES string of the molecule is O=C1CC(c2cccc3c2CCCC3)C(=O)O1. The number of hydrogen-bond acceptors (Lipinski definition) is 3. The van der Waals surface area contributed by atoms with Crippen LogP contribution < -0.4 is 0 Å². The van der Waals surface area contributed by atoms with Gasteiger partial charge in [-0.15, -0.1) is 0 Å². The summed E-state index contributed by atoms with van der Waals surface area (Å²) in [4.78, 5) is 22.8. The van der Waals surface area contributed by atoms with Gasteiger partial charge in [0.15, 0.2) is 0 Å². The van der Waals surface area contributed by atoms with E-state index in [-0.39, 0.29) is 18.3 Å². The fraction of sp³-hybridized carbons (Fsp3) is 0.429. The van der Waals surface area contributed by atoms with Gasteiger partial charge in [-0.2, -0.15) is 0 Å². The molecule has 0 amide bonds. The fourth-order valence-electron chi connectivity index (χ4n) is 2.85. The van der Waals surface area contributed by atoms with Crippen LogP contribution in [-0.2, 0) is 27.2 Å². The maximum Gasteiger partial charge on any atom is 0.321 e. The van der Waals surface area contributed by atoms with Crippen LogP contribution in [0.15, 0.2) is 18.2 Å². The predicted octanol–water partition coefficient (Wildman–Crippen LogP) is 2.12. The first kappa shape index (κ1) is 10.5. The molecule has 0 spiro atoms. The Morgan fingerprint density at radius 1 is 1.12 bits per heavy atom. The lowest BCUT2D eigenvalue weighted by molar-refractivity contribution is -0.152. The summed E-state index contributed by atoms with van der Waals surface area (Å²) < 4.78 is 4.64. The standard InChI is InChI=1S/C14H14O3/c15-13-8-12(14(16)17-13)11-7-3-5-9-4-1-2-6-10(9)11/h3,5,7,12H,1-2,4,6,8H2. The monoisotopic (exact) mass is 230 g/mol. The molecule has 1 aliphatic carbocycles. The minimum absolute atomic E-state index is 0.204. The zero-order valence-corrected chi connectivity index (χ0v) is 9.57. The maximum absolute atomic E-state index is 11.6. The third-order valence-electron chi connectivity index (χ3n) is 3.68. The first-order valence-corrected chi connectivity index (χ1v) is 6.11. The van der Waals surface area contributed by atoms with Crippen molar-refractivity contribution >= 4 is 11.9 Å². The van der Waals surface area contributed by atoms with E-state index in [0.717, 1.165) is 18.4 Å². The summed E-state index contributed by atoms with van der Waals surface area (Å²) in [7, 11) is 0. The molecule has 1 aliphatic heterocycles. The van der Waals surface area contributed by atoms with Crippen LogP contribution in [0, 0.1) is 0 Å². The second kappa shape index (κ2) is 3.99. The van der Waals surface area contributed by atoms with E-state index < -0.39 is 5.97 Å². The lowest BCUT2D eigenvalue weighted by Crippen LogP contribution is -2.12. The van der Waals surface area contributed by atoms with Crippen LogP contribution in [0.2, 0.25) is 0 Å². The van der Waals surface area contributed by atoms with Gasteiger partial charge in [-0.05, 0) is 42.4 Å². The second-order valence-corrected chi connectivity index (χ2v) is 4.74. The predicted molar refractivity (Wildman–Crippen MR) is 61.5 cm³/mol. The highest BCUT2D eigenvalue weighted by Gasteiger charge is 2.36. The molecule has 1 aromatic rings. The van der Waals surface area contributed by atoms with Crippen LogP contribution in [0.5, 0.6) is 0 Å². The molecule has 3 nitrogen and oxygen atoms in total. The van der Waals surface area contributed by atoms with Crippen molar-refractivity contribution in [2.75, 3.05) is 0 Å². The molecule has 17 heavy (non-hydrogen) atoms. The van der Waals surface area contributed by atoms with E-state index in [2.05, 4.69) is 10.8 Å². The van der Waals surface area contributed by atoms with Gasteiger partial charge in [0.25, 0.3) is 0 Å². The molecule has 0 aromatic heterocycles. The lowest BCUT2D eigenvalue weighted by atomic mass is 9.83. The molecular formula is C14H14O3. The smallest absolute Gasteiger partial charge is 0.321 e. The molecule has 1 aromatic carbocycles. The summed E-state index contributed by atoms with van der Waals surface area (Å²) in [5, 5.41) is 0. The molecule has 3 heteroatoms. The first-order chi connectivity index (χ1) is 8.25. The molecule has 0 saturated carbocycles. The van der Waals surface area contributed by atoms with Crippen LogP contribution >= 0.6 is 0 Å². The molecule has 1 heterocycles. The Balaban J connectivity index is 2.03. The average molecular weight is 230 g/mol. The Morgan fingerprint density at radius 3 is 2.71 bits per heavy atom. The van der Waals surface area contributed by atoms with E-state index in [1.807, 2.05) is 12.1 Å². The van der Waals surface area contributed by atoms with Crippen LogP contribution in [0.4, 0.5) is 0 Å². The summed E-state index contributed by atoms with van der Waals surface area (Å²) in [6.45, 7) is 0. The van der Waals surface area contributed by atoms with Gasteiger partial charge < -0.3 is 4.74 Å². The van der Waals surface area contributed by atoms with Gasteiger partial charge in [-0.3, -0.25) is 9.59 Å². The molecule has 1 unspecified atom stereocenters. The zero-order valence-electron chi connectivity index (χ0n) is 9.57. The lowest BCUT2D eigenvalue weighted by Gasteiger charge is -2.20. The van der Waals surface area contributed by atoms with E-state index in [1.54, 1.807) is 0 Å². The quantitative estimate of drug-likeness (QED) is 0.548. The molecule has 0 bridgehead atoms. The molecule has 1 fully saturated rings. The van der Waals surface area contributed by atoms with Gasteiger partial charge in [0.2, 0.25) is 0 Å². The Kier molecular flexibility index (Phi) is 2.46. The highest BCUT2D eigenvalue weighted by molar-refractivity contribution is 5.98. The van der Waals surface area contributed by atoms with E-state index in [9.17, 15) is 9.59 Å². The summed E-state index contributed by atoms with van der Waals surface area (Å²) >= 11 is 0. The van der Waals surface area contributed by atoms with Gasteiger partial charge in [0.1, 0.15) is 0 Å². The Bertz CT molecular complexity index is 490. The number of benzene rings is 1. The van der Waals surface area contributed by atoms with Crippen molar-refractivity contribution in [3.8, 4) is 0 Å². The van der Waals surface area contributed by atoms with Gasteiger partial charge >= 0.3 is 11.9 Å². The van der Waals surface area contributed by atoms with Crippen molar-refractivity contribution in [2.45, 2.75) is 38.0 Å². The molecule has 0 radical (unpaired) electrons. The number of ether oxygens (including phenoxy) is 1. The number of rotatable bonds is 1. The highest BCUT2D eigenvalue weighted by Crippen LogP contribution is 2.34. The van der Waals surface area contributed by atoms with Gasteiger partial charge in [-0.25, -0.2) is 0 Å². The van der Waals surface area contributed by atoms with Crippen LogP contribution in [0.1, 0.15) is 41.9 Å².